The molecule has 1 aliphatic heterocycles. The summed E-state index contributed by atoms with van der Waals surface area (Å²) in [6.07, 6.45) is 0. The fraction of sp³-hybridized carbons (Fsp3) is 0.316. The molecular formula is C19H19F2N3O5. The highest BCUT2D eigenvalue weighted by atomic mass is 19.3. The molecule has 0 atom stereocenters. The van der Waals surface area contributed by atoms with E-state index in [-0.39, 0.29) is 23.1 Å². The molecule has 1 fully saturated rings. The average molecular weight is 407 g/mol. The molecule has 1 saturated heterocycles. The highest BCUT2D eigenvalue weighted by Crippen LogP contribution is 2.30. The predicted molar refractivity (Wildman–Crippen MR) is 101 cm³/mol. The minimum absolute atomic E-state index is 0.0239. The van der Waals surface area contributed by atoms with E-state index in [1.807, 2.05) is 4.90 Å². The van der Waals surface area contributed by atoms with E-state index < -0.39 is 11.5 Å². The largest absolute Gasteiger partial charge is 0.493 e. The molecule has 3 rings (SSSR count). The summed E-state index contributed by atoms with van der Waals surface area (Å²) in [5, 5.41) is 10.8. The number of halogens is 2. The molecule has 1 heterocycles. The number of non-ortho nitro benzene ring substituents is 1. The summed E-state index contributed by atoms with van der Waals surface area (Å²) in [6, 6.07) is 10.3. The zero-order valence-electron chi connectivity index (χ0n) is 15.6. The summed E-state index contributed by atoms with van der Waals surface area (Å²) in [6.45, 7) is -0.959. The lowest BCUT2D eigenvalue weighted by Crippen LogP contribution is -2.48. The number of alkyl halides is 2. The number of hydrogen-bond donors (Lipinski definition) is 0. The van der Waals surface area contributed by atoms with Crippen LogP contribution in [0.4, 0.5) is 20.2 Å². The Balaban J connectivity index is 1.64. The molecule has 2 aromatic rings. The third-order valence-corrected chi connectivity index (χ3v) is 4.62. The van der Waals surface area contributed by atoms with Gasteiger partial charge in [0.25, 0.3) is 11.6 Å². The Labute approximate surface area is 165 Å². The van der Waals surface area contributed by atoms with Gasteiger partial charge in [-0.15, -0.1) is 0 Å². The number of carbonyl (C=O) groups is 1. The van der Waals surface area contributed by atoms with E-state index >= 15 is 0 Å². The predicted octanol–water partition coefficient (Wildman–Crippen LogP) is 3.17. The van der Waals surface area contributed by atoms with Gasteiger partial charge in [0, 0.05) is 49.6 Å². The number of piperazine rings is 1. The Morgan fingerprint density at radius 2 is 1.72 bits per heavy atom. The molecule has 0 unspecified atom stereocenters. The lowest BCUT2D eigenvalue weighted by molar-refractivity contribution is -0.384. The first-order valence-electron chi connectivity index (χ1n) is 8.80. The smallest absolute Gasteiger partial charge is 0.387 e. The summed E-state index contributed by atoms with van der Waals surface area (Å²) in [5.74, 6) is -0.321. The normalized spacial score (nSPS) is 14.1. The molecule has 0 spiro atoms. The minimum atomic E-state index is -2.99. The van der Waals surface area contributed by atoms with Crippen LogP contribution in [0.2, 0.25) is 0 Å². The van der Waals surface area contributed by atoms with Crippen molar-refractivity contribution in [2.24, 2.45) is 0 Å². The first-order chi connectivity index (χ1) is 13.9. The Morgan fingerprint density at radius 1 is 1.07 bits per heavy atom. The lowest BCUT2D eigenvalue weighted by Gasteiger charge is -2.36. The number of rotatable bonds is 6. The van der Waals surface area contributed by atoms with Crippen LogP contribution >= 0.6 is 0 Å². The van der Waals surface area contributed by atoms with Crippen molar-refractivity contribution in [2.75, 3.05) is 38.2 Å². The van der Waals surface area contributed by atoms with Crippen LogP contribution in [-0.2, 0) is 0 Å². The number of hydrogen-bond acceptors (Lipinski definition) is 6. The molecule has 0 N–H and O–H groups in total. The van der Waals surface area contributed by atoms with Crippen LogP contribution < -0.4 is 14.4 Å². The molecule has 1 aliphatic rings. The molecule has 0 radical (unpaired) electrons. The highest BCUT2D eigenvalue weighted by Gasteiger charge is 2.24. The van der Waals surface area contributed by atoms with E-state index in [0.717, 1.165) is 5.69 Å². The van der Waals surface area contributed by atoms with Crippen molar-refractivity contribution < 1.29 is 28.0 Å². The maximum Gasteiger partial charge on any atom is 0.387 e. The molecule has 0 aliphatic carbocycles. The van der Waals surface area contributed by atoms with Crippen molar-refractivity contribution in [3.8, 4) is 11.5 Å². The van der Waals surface area contributed by atoms with Crippen LogP contribution in [0.3, 0.4) is 0 Å². The fourth-order valence-electron chi connectivity index (χ4n) is 3.13. The van der Waals surface area contributed by atoms with Crippen LogP contribution in [0, 0.1) is 10.1 Å². The summed E-state index contributed by atoms with van der Waals surface area (Å²) < 4.78 is 34.3. The standard InChI is InChI=1S/C19H19F2N3O5/c1-28-17-12-13(2-7-16(17)29-19(20)21)18(25)23-10-8-22(9-11-23)14-3-5-15(6-4-14)24(26)27/h2-7,12,19H,8-11H2,1H3. The van der Waals surface area contributed by atoms with Gasteiger partial charge in [-0.3, -0.25) is 14.9 Å². The molecule has 0 bridgehead atoms. The molecule has 154 valence electrons. The monoisotopic (exact) mass is 407 g/mol. The Bertz CT molecular complexity index is 884. The summed E-state index contributed by atoms with van der Waals surface area (Å²) in [4.78, 5) is 26.7. The molecule has 0 aromatic heterocycles. The van der Waals surface area contributed by atoms with E-state index in [4.69, 9.17) is 4.74 Å². The number of anilines is 1. The molecule has 1 amide bonds. The third-order valence-electron chi connectivity index (χ3n) is 4.62. The van der Waals surface area contributed by atoms with Crippen LogP contribution in [0.25, 0.3) is 0 Å². The average Bonchev–Trinajstić information content (AvgIpc) is 2.73. The number of nitro benzene ring substituents is 1. The molecule has 8 nitrogen and oxygen atoms in total. The van der Waals surface area contributed by atoms with Gasteiger partial charge in [0.05, 0.1) is 12.0 Å². The zero-order chi connectivity index (χ0) is 21.0. The number of methoxy groups -OCH3 is 1. The van der Waals surface area contributed by atoms with Crippen LogP contribution in [0.5, 0.6) is 11.5 Å². The van der Waals surface area contributed by atoms with E-state index in [2.05, 4.69) is 4.74 Å². The van der Waals surface area contributed by atoms with E-state index in [1.165, 1.54) is 37.4 Å². The fourth-order valence-corrected chi connectivity index (χ4v) is 3.13. The van der Waals surface area contributed by atoms with Gasteiger partial charge in [-0.05, 0) is 30.3 Å². The maximum atomic E-state index is 12.8. The van der Waals surface area contributed by atoms with Gasteiger partial charge in [-0.2, -0.15) is 8.78 Å². The van der Waals surface area contributed by atoms with Crippen molar-refractivity contribution in [1.82, 2.24) is 4.90 Å². The molecule has 0 saturated carbocycles. The number of benzene rings is 2. The van der Waals surface area contributed by atoms with Crippen molar-refractivity contribution in [3.63, 3.8) is 0 Å². The number of carbonyl (C=O) groups excluding carboxylic acids is 1. The van der Waals surface area contributed by atoms with Gasteiger partial charge in [0.2, 0.25) is 0 Å². The van der Waals surface area contributed by atoms with Crippen molar-refractivity contribution in [2.45, 2.75) is 6.61 Å². The van der Waals surface area contributed by atoms with Gasteiger partial charge in [-0.1, -0.05) is 0 Å². The van der Waals surface area contributed by atoms with Crippen molar-refractivity contribution in [1.29, 1.82) is 0 Å². The van der Waals surface area contributed by atoms with E-state index in [9.17, 15) is 23.7 Å². The SMILES string of the molecule is COc1cc(C(=O)N2CCN(c3ccc([N+](=O)[O-])cc3)CC2)ccc1OC(F)F. The number of ether oxygens (including phenoxy) is 2. The number of amides is 1. The first kappa shape index (κ1) is 20.3. The second-order valence-electron chi connectivity index (χ2n) is 6.30. The Morgan fingerprint density at radius 3 is 2.28 bits per heavy atom. The zero-order valence-corrected chi connectivity index (χ0v) is 15.6. The van der Waals surface area contributed by atoms with Crippen LogP contribution in [-0.4, -0.2) is 55.6 Å². The third kappa shape index (κ3) is 4.71. The summed E-state index contributed by atoms with van der Waals surface area (Å²) in [5.41, 5.74) is 1.18. The lowest BCUT2D eigenvalue weighted by atomic mass is 10.1. The summed E-state index contributed by atoms with van der Waals surface area (Å²) in [7, 11) is 1.31. The number of nitro groups is 1. The first-order valence-corrected chi connectivity index (χ1v) is 8.80. The quantitative estimate of drug-likeness (QED) is 0.540. The van der Waals surface area contributed by atoms with Crippen molar-refractivity contribution >= 4 is 17.3 Å². The van der Waals surface area contributed by atoms with Crippen molar-refractivity contribution in [3.05, 3.63) is 58.1 Å². The van der Waals surface area contributed by atoms with Gasteiger partial charge < -0.3 is 19.3 Å². The molecular weight excluding hydrogens is 388 g/mol. The van der Waals surface area contributed by atoms with E-state index in [1.54, 1.807) is 17.0 Å². The maximum absolute atomic E-state index is 12.8. The van der Waals surface area contributed by atoms with Gasteiger partial charge >= 0.3 is 6.61 Å². The second-order valence-corrected chi connectivity index (χ2v) is 6.30. The van der Waals surface area contributed by atoms with E-state index in [0.29, 0.717) is 31.7 Å². The molecule has 2 aromatic carbocycles. The Kier molecular flexibility index (Phi) is 6.10. The van der Waals surface area contributed by atoms with Gasteiger partial charge in [-0.25, -0.2) is 0 Å². The van der Waals surface area contributed by atoms with Crippen LogP contribution in [0.1, 0.15) is 10.4 Å². The molecule has 10 heteroatoms. The molecule has 29 heavy (non-hydrogen) atoms. The topological polar surface area (TPSA) is 85.2 Å². The van der Waals surface area contributed by atoms with Gasteiger partial charge in [0.15, 0.2) is 11.5 Å². The number of nitrogens with zero attached hydrogens (tertiary/aromatic N) is 3. The second kappa shape index (κ2) is 8.72. The highest BCUT2D eigenvalue weighted by molar-refractivity contribution is 5.95. The Hall–Kier alpha value is -3.43. The minimum Gasteiger partial charge on any atom is -0.493 e. The van der Waals surface area contributed by atoms with Crippen LogP contribution in [0.15, 0.2) is 42.5 Å². The summed E-state index contributed by atoms with van der Waals surface area (Å²) >= 11 is 0. The van der Waals surface area contributed by atoms with Gasteiger partial charge in [0.1, 0.15) is 0 Å².